The first-order valence-corrected chi connectivity index (χ1v) is 11.1. The standard InChI is InChI=1S/C14H23NO2S3/c1-3-6-15-12(5-8-20(2,16)17)14-9-11-10-18-7-4-13(11)19-14/h9,12,15H,3-8,10H2,1-2H3. The fourth-order valence-corrected chi connectivity index (χ4v) is 5.49. The summed E-state index contributed by atoms with van der Waals surface area (Å²) in [6.07, 6.45) is 4.22. The second-order valence-corrected chi connectivity index (χ2v) is 9.86. The van der Waals surface area contributed by atoms with Crippen LogP contribution < -0.4 is 5.32 Å². The average molecular weight is 334 g/mol. The molecule has 0 spiro atoms. The molecule has 114 valence electrons. The SMILES string of the molecule is CCCNC(CCS(C)(=O)=O)c1cc2c(s1)CCSC2. The number of nitrogens with one attached hydrogen (secondary N) is 1. The smallest absolute Gasteiger partial charge is 0.147 e. The van der Waals surface area contributed by atoms with E-state index in [1.54, 1.807) is 0 Å². The lowest BCUT2D eigenvalue weighted by atomic mass is 10.1. The van der Waals surface area contributed by atoms with Crippen LogP contribution in [0.4, 0.5) is 0 Å². The molecule has 20 heavy (non-hydrogen) atoms. The minimum Gasteiger partial charge on any atom is -0.309 e. The summed E-state index contributed by atoms with van der Waals surface area (Å²) in [6.45, 7) is 3.07. The van der Waals surface area contributed by atoms with Gasteiger partial charge in [-0.15, -0.1) is 11.3 Å². The maximum Gasteiger partial charge on any atom is 0.147 e. The fraction of sp³-hybridized carbons (Fsp3) is 0.714. The highest BCUT2D eigenvalue weighted by atomic mass is 32.2. The molecule has 1 aromatic heterocycles. The summed E-state index contributed by atoms with van der Waals surface area (Å²) in [6, 6.07) is 2.48. The highest BCUT2D eigenvalue weighted by Gasteiger charge is 2.20. The van der Waals surface area contributed by atoms with Crippen LogP contribution in [-0.4, -0.2) is 32.7 Å². The van der Waals surface area contributed by atoms with Gasteiger partial charge in [0, 0.05) is 27.8 Å². The van der Waals surface area contributed by atoms with E-state index in [4.69, 9.17) is 0 Å². The third-order valence-electron chi connectivity index (χ3n) is 3.41. The number of rotatable bonds is 7. The van der Waals surface area contributed by atoms with Crippen molar-refractivity contribution < 1.29 is 8.42 Å². The highest BCUT2D eigenvalue weighted by Crippen LogP contribution is 2.35. The molecular formula is C14H23NO2S3. The van der Waals surface area contributed by atoms with Crippen molar-refractivity contribution in [1.29, 1.82) is 0 Å². The highest BCUT2D eigenvalue weighted by molar-refractivity contribution is 7.98. The minimum atomic E-state index is -2.89. The second kappa shape index (κ2) is 7.29. The fourth-order valence-electron chi connectivity index (χ4n) is 2.34. The molecule has 0 bridgehead atoms. The third-order valence-corrected chi connectivity index (χ3v) is 6.74. The van der Waals surface area contributed by atoms with Crippen molar-refractivity contribution in [2.45, 2.75) is 38.0 Å². The second-order valence-electron chi connectivity index (χ2n) is 5.33. The lowest BCUT2D eigenvalue weighted by Crippen LogP contribution is -2.23. The van der Waals surface area contributed by atoms with Crippen molar-refractivity contribution in [2.75, 3.05) is 24.3 Å². The molecule has 0 saturated heterocycles. The normalized spacial score (nSPS) is 16.9. The van der Waals surface area contributed by atoms with Crippen LogP contribution >= 0.6 is 23.1 Å². The van der Waals surface area contributed by atoms with Crippen LogP contribution in [-0.2, 0) is 22.0 Å². The maximum atomic E-state index is 11.4. The number of fused-ring (bicyclic) bond motifs is 1. The van der Waals surface area contributed by atoms with E-state index in [2.05, 4.69) is 18.3 Å². The summed E-state index contributed by atoms with van der Waals surface area (Å²) in [5.41, 5.74) is 1.46. The largest absolute Gasteiger partial charge is 0.309 e. The van der Waals surface area contributed by atoms with Gasteiger partial charge in [0.2, 0.25) is 0 Å². The van der Waals surface area contributed by atoms with Gasteiger partial charge >= 0.3 is 0 Å². The van der Waals surface area contributed by atoms with Gasteiger partial charge in [-0.25, -0.2) is 8.42 Å². The van der Waals surface area contributed by atoms with Crippen molar-refractivity contribution in [2.24, 2.45) is 0 Å². The van der Waals surface area contributed by atoms with E-state index in [1.807, 2.05) is 23.1 Å². The van der Waals surface area contributed by atoms with E-state index in [0.29, 0.717) is 6.42 Å². The van der Waals surface area contributed by atoms with E-state index in [-0.39, 0.29) is 11.8 Å². The van der Waals surface area contributed by atoms with Gasteiger partial charge in [-0.1, -0.05) is 6.92 Å². The molecule has 1 aliphatic heterocycles. The van der Waals surface area contributed by atoms with Crippen LogP contribution in [0.5, 0.6) is 0 Å². The molecule has 1 N–H and O–H groups in total. The first-order chi connectivity index (χ1) is 9.49. The van der Waals surface area contributed by atoms with E-state index >= 15 is 0 Å². The lowest BCUT2D eigenvalue weighted by Gasteiger charge is -2.16. The van der Waals surface area contributed by atoms with Crippen LogP contribution in [0.25, 0.3) is 0 Å². The molecule has 1 unspecified atom stereocenters. The predicted octanol–water partition coefficient (Wildman–Crippen LogP) is 3.01. The van der Waals surface area contributed by atoms with Crippen molar-refractivity contribution in [3.8, 4) is 0 Å². The van der Waals surface area contributed by atoms with E-state index < -0.39 is 9.84 Å². The molecule has 0 saturated carbocycles. The van der Waals surface area contributed by atoms with Crippen LogP contribution in [0.3, 0.4) is 0 Å². The Morgan fingerprint density at radius 3 is 2.90 bits per heavy atom. The van der Waals surface area contributed by atoms with Crippen molar-refractivity contribution in [3.63, 3.8) is 0 Å². The molecule has 0 aromatic carbocycles. The summed E-state index contributed by atoms with van der Waals surface area (Å²) >= 11 is 3.86. The van der Waals surface area contributed by atoms with E-state index in [9.17, 15) is 8.42 Å². The zero-order chi connectivity index (χ0) is 14.6. The summed E-state index contributed by atoms with van der Waals surface area (Å²) in [5, 5.41) is 3.51. The Bertz CT molecular complexity index is 513. The number of thioether (sulfide) groups is 1. The molecule has 0 aliphatic carbocycles. The van der Waals surface area contributed by atoms with Crippen molar-refractivity contribution in [3.05, 3.63) is 21.4 Å². The number of sulfone groups is 1. The Hall–Kier alpha value is -0.0400. The molecular weight excluding hydrogens is 310 g/mol. The lowest BCUT2D eigenvalue weighted by molar-refractivity contribution is 0.520. The molecule has 0 radical (unpaired) electrons. The summed E-state index contributed by atoms with van der Waals surface area (Å²) in [5.74, 6) is 2.58. The van der Waals surface area contributed by atoms with Gasteiger partial charge in [-0.3, -0.25) is 0 Å². The van der Waals surface area contributed by atoms with Gasteiger partial charge in [0.15, 0.2) is 0 Å². The molecule has 3 nitrogen and oxygen atoms in total. The maximum absolute atomic E-state index is 11.4. The van der Waals surface area contributed by atoms with Gasteiger partial charge in [0.1, 0.15) is 9.84 Å². The first-order valence-electron chi connectivity index (χ1n) is 7.10. The first kappa shape index (κ1) is 16.3. The number of hydrogen-bond acceptors (Lipinski definition) is 5. The van der Waals surface area contributed by atoms with Crippen molar-refractivity contribution >= 4 is 32.9 Å². The quantitative estimate of drug-likeness (QED) is 0.833. The molecule has 0 amide bonds. The molecule has 2 rings (SSSR count). The minimum absolute atomic E-state index is 0.185. The molecule has 6 heteroatoms. The zero-order valence-corrected chi connectivity index (χ0v) is 14.6. The molecule has 1 aromatic rings. The molecule has 1 aliphatic rings. The number of hydrogen-bond donors (Lipinski definition) is 1. The topological polar surface area (TPSA) is 46.2 Å². The average Bonchev–Trinajstić information content (AvgIpc) is 2.81. The van der Waals surface area contributed by atoms with Gasteiger partial charge in [-0.2, -0.15) is 11.8 Å². The van der Waals surface area contributed by atoms with Gasteiger partial charge in [-0.05, 0) is 43.2 Å². The Morgan fingerprint density at radius 1 is 1.45 bits per heavy atom. The zero-order valence-electron chi connectivity index (χ0n) is 12.1. The summed E-state index contributed by atoms with van der Waals surface area (Å²) in [4.78, 5) is 2.82. The van der Waals surface area contributed by atoms with Gasteiger partial charge in [0.25, 0.3) is 0 Å². The van der Waals surface area contributed by atoms with Crippen LogP contribution in [0.1, 0.15) is 41.1 Å². The Labute approximate surface area is 130 Å². The van der Waals surface area contributed by atoms with Crippen LogP contribution in [0.2, 0.25) is 0 Å². The van der Waals surface area contributed by atoms with E-state index in [0.717, 1.165) is 25.1 Å². The Morgan fingerprint density at radius 2 is 2.25 bits per heavy atom. The number of aryl methyl sites for hydroxylation is 1. The summed E-state index contributed by atoms with van der Waals surface area (Å²) < 4.78 is 22.8. The Kier molecular flexibility index (Phi) is 5.95. The van der Waals surface area contributed by atoms with Gasteiger partial charge < -0.3 is 5.32 Å². The number of thiophene rings is 1. The third kappa shape index (κ3) is 4.76. The molecule has 1 atom stereocenters. The molecule has 0 fully saturated rings. The van der Waals surface area contributed by atoms with Crippen LogP contribution in [0, 0.1) is 0 Å². The Balaban J connectivity index is 2.10. The molecule has 2 heterocycles. The predicted molar refractivity (Wildman–Crippen MR) is 89.5 cm³/mol. The van der Waals surface area contributed by atoms with Crippen molar-refractivity contribution in [1.82, 2.24) is 5.32 Å². The van der Waals surface area contributed by atoms with Crippen LogP contribution in [0.15, 0.2) is 6.07 Å². The van der Waals surface area contributed by atoms with Gasteiger partial charge in [0.05, 0.1) is 5.75 Å². The monoisotopic (exact) mass is 333 g/mol. The van der Waals surface area contributed by atoms with E-state index in [1.165, 1.54) is 27.3 Å². The summed E-state index contributed by atoms with van der Waals surface area (Å²) in [7, 11) is -2.89.